The Hall–Kier alpha value is -2.58. The third kappa shape index (κ3) is 6.21. The Labute approximate surface area is 182 Å². The lowest BCUT2D eigenvalue weighted by Crippen LogP contribution is -2.51. The van der Waals surface area contributed by atoms with E-state index in [0.717, 1.165) is 0 Å². The second-order valence-corrected chi connectivity index (χ2v) is 8.52. The zero-order valence-corrected chi connectivity index (χ0v) is 19.2. The maximum Gasteiger partial charge on any atom is 0.252 e. The van der Waals surface area contributed by atoms with E-state index in [1.165, 1.54) is 19.1 Å². The van der Waals surface area contributed by atoms with Crippen LogP contribution in [0.2, 0.25) is 0 Å². The van der Waals surface area contributed by atoms with Gasteiger partial charge in [0, 0.05) is 23.1 Å². The molecular weight excluding hydrogens is 402 g/mol. The van der Waals surface area contributed by atoms with Gasteiger partial charge in [0.25, 0.3) is 5.91 Å². The van der Waals surface area contributed by atoms with Crippen LogP contribution >= 0.6 is 11.3 Å². The van der Waals surface area contributed by atoms with E-state index in [1.807, 2.05) is 39.4 Å². The van der Waals surface area contributed by atoms with Gasteiger partial charge < -0.3 is 25.0 Å². The van der Waals surface area contributed by atoms with Crippen LogP contribution in [0, 0.1) is 5.92 Å². The van der Waals surface area contributed by atoms with E-state index in [1.54, 1.807) is 29.5 Å². The fourth-order valence-corrected chi connectivity index (χ4v) is 3.95. The molecule has 0 saturated carbocycles. The van der Waals surface area contributed by atoms with Crippen molar-refractivity contribution in [3.63, 3.8) is 0 Å². The van der Waals surface area contributed by atoms with E-state index in [4.69, 9.17) is 9.47 Å². The summed E-state index contributed by atoms with van der Waals surface area (Å²) in [5.74, 6) is 0.366. The molecule has 0 bridgehead atoms. The number of hydrogen-bond acceptors (Lipinski definition) is 6. The Morgan fingerprint density at radius 3 is 2.20 bits per heavy atom. The predicted octanol–water partition coefficient (Wildman–Crippen LogP) is 2.94. The normalized spacial score (nSPS) is 13.1. The lowest BCUT2D eigenvalue weighted by atomic mass is 10.0. The van der Waals surface area contributed by atoms with Crippen molar-refractivity contribution in [2.45, 2.75) is 25.9 Å². The summed E-state index contributed by atoms with van der Waals surface area (Å²) in [7, 11) is 7.01. The van der Waals surface area contributed by atoms with Crippen LogP contribution in [0.1, 0.15) is 35.1 Å². The standard InChI is InChI=1S/C22H31N3O4S/c1-14(2)20(22(27)23-13-18(25(3)4)19-8-7-9-30-19)24-21(26)15-10-16(28-5)12-17(11-15)29-6/h7-12,14,18,20H,13H2,1-6H3,(H,23,27)(H,24,26)/t18-,20+/m1/s1. The first-order valence-electron chi connectivity index (χ1n) is 9.78. The second-order valence-electron chi connectivity index (χ2n) is 7.54. The van der Waals surface area contributed by atoms with Gasteiger partial charge in [-0.1, -0.05) is 19.9 Å². The summed E-state index contributed by atoms with van der Waals surface area (Å²) in [5.41, 5.74) is 0.370. The van der Waals surface area contributed by atoms with Gasteiger partial charge in [-0.3, -0.25) is 9.59 Å². The molecule has 8 heteroatoms. The molecule has 0 fully saturated rings. The highest BCUT2D eigenvalue weighted by Gasteiger charge is 2.26. The van der Waals surface area contributed by atoms with Gasteiger partial charge in [-0.05, 0) is 43.6 Å². The van der Waals surface area contributed by atoms with E-state index in [-0.39, 0.29) is 23.8 Å². The highest BCUT2D eigenvalue weighted by molar-refractivity contribution is 7.10. The van der Waals surface area contributed by atoms with Crippen molar-refractivity contribution >= 4 is 23.2 Å². The zero-order chi connectivity index (χ0) is 22.3. The van der Waals surface area contributed by atoms with Crippen LogP contribution in [0.4, 0.5) is 0 Å². The van der Waals surface area contributed by atoms with Gasteiger partial charge in [-0.25, -0.2) is 0 Å². The number of nitrogens with one attached hydrogen (secondary N) is 2. The summed E-state index contributed by atoms with van der Waals surface area (Å²) in [5, 5.41) is 7.87. The average Bonchev–Trinajstić information content (AvgIpc) is 3.25. The molecule has 0 radical (unpaired) electrons. The molecule has 0 aliphatic heterocycles. The molecule has 0 saturated heterocycles. The van der Waals surface area contributed by atoms with E-state index >= 15 is 0 Å². The minimum Gasteiger partial charge on any atom is -0.497 e. The number of ether oxygens (including phenoxy) is 2. The molecule has 7 nitrogen and oxygen atoms in total. The van der Waals surface area contributed by atoms with E-state index in [0.29, 0.717) is 23.6 Å². The molecule has 0 aliphatic rings. The van der Waals surface area contributed by atoms with E-state index in [2.05, 4.69) is 21.6 Å². The topological polar surface area (TPSA) is 79.9 Å². The minimum absolute atomic E-state index is 0.0695. The van der Waals surface area contributed by atoms with Crippen molar-refractivity contribution in [3.8, 4) is 11.5 Å². The van der Waals surface area contributed by atoms with Crippen molar-refractivity contribution in [1.29, 1.82) is 0 Å². The van der Waals surface area contributed by atoms with Crippen molar-refractivity contribution in [2.24, 2.45) is 5.92 Å². The highest BCUT2D eigenvalue weighted by Crippen LogP contribution is 2.23. The predicted molar refractivity (Wildman–Crippen MR) is 119 cm³/mol. The first-order valence-corrected chi connectivity index (χ1v) is 10.7. The first-order chi connectivity index (χ1) is 14.3. The van der Waals surface area contributed by atoms with Gasteiger partial charge in [0.15, 0.2) is 0 Å². The third-order valence-electron chi connectivity index (χ3n) is 4.81. The number of carbonyl (C=O) groups is 2. The van der Waals surface area contributed by atoms with Crippen molar-refractivity contribution in [3.05, 3.63) is 46.2 Å². The Bertz CT molecular complexity index is 815. The lowest BCUT2D eigenvalue weighted by Gasteiger charge is -2.26. The molecular formula is C22H31N3O4S. The summed E-state index contributed by atoms with van der Waals surface area (Å²) in [6.07, 6.45) is 0. The molecule has 1 aromatic heterocycles. The maximum absolute atomic E-state index is 12.9. The zero-order valence-electron chi connectivity index (χ0n) is 18.4. The molecule has 2 amide bonds. The number of benzene rings is 1. The first kappa shape index (κ1) is 23.7. The van der Waals surface area contributed by atoms with Crippen LogP contribution in [0.3, 0.4) is 0 Å². The number of rotatable bonds is 10. The van der Waals surface area contributed by atoms with E-state index in [9.17, 15) is 9.59 Å². The fraction of sp³-hybridized carbons (Fsp3) is 0.455. The molecule has 2 atom stereocenters. The highest BCUT2D eigenvalue weighted by atomic mass is 32.1. The molecule has 2 N–H and O–H groups in total. The van der Waals surface area contributed by atoms with Gasteiger partial charge in [-0.2, -0.15) is 0 Å². The summed E-state index contributed by atoms with van der Waals surface area (Å²) < 4.78 is 10.5. The molecule has 164 valence electrons. The van der Waals surface area contributed by atoms with Crippen LogP contribution in [0.25, 0.3) is 0 Å². The van der Waals surface area contributed by atoms with Crippen molar-refractivity contribution in [2.75, 3.05) is 34.9 Å². The number of nitrogens with zero attached hydrogens (tertiary/aromatic N) is 1. The average molecular weight is 434 g/mol. The fourth-order valence-electron chi connectivity index (χ4n) is 3.02. The number of amides is 2. The Morgan fingerprint density at radius 2 is 1.73 bits per heavy atom. The molecule has 0 spiro atoms. The van der Waals surface area contributed by atoms with E-state index < -0.39 is 6.04 Å². The SMILES string of the molecule is COc1cc(OC)cc(C(=O)N[C@H](C(=O)NC[C@H](c2cccs2)N(C)C)C(C)C)c1. The molecule has 30 heavy (non-hydrogen) atoms. The Balaban J connectivity index is 2.09. The summed E-state index contributed by atoms with van der Waals surface area (Å²) in [6, 6.07) is 8.38. The summed E-state index contributed by atoms with van der Waals surface area (Å²) in [4.78, 5) is 29.0. The van der Waals surface area contributed by atoms with Crippen LogP contribution < -0.4 is 20.1 Å². The number of likely N-dealkylation sites (N-methyl/N-ethyl adjacent to an activating group) is 1. The quantitative estimate of drug-likeness (QED) is 0.602. The van der Waals surface area contributed by atoms with Crippen molar-refractivity contribution in [1.82, 2.24) is 15.5 Å². The number of thiophene rings is 1. The summed E-state index contributed by atoms with van der Waals surface area (Å²) >= 11 is 1.65. The molecule has 2 rings (SSSR count). The third-order valence-corrected chi connectivity index (χ3v) is 5.79. The summed E-state index contributed by atoms with van der Waals surface area (Å²) in [6.45, 7) is 4.26. The van der Waals surface area contributed by atoms with Gasteiger partial charge >= 0.3 is 0 Å². The molecule has 1 heterocycles. The number of hydrogen-bond donors (Lipinski definition) is 2. The van der Waals surface area contributed by atoms with Crippen LogP contribution in [-0.4, -0.2) is 57.6 Å². The minimum atomic E-state index is -0.666. The van der Waals surface area contributed by atoms with Gasteiger partial charge in [0.05, 0.1) is 20.3 Å². The van der Waals surface area contributed by atoms with Gasteiger partial charge in [0.2, 0.25) is 5.91 Å². The molecule has 1 aromatic carbocycles. The smallest absolute Gasteiger partial charge is 0.252 e. The largest absolute Gasteiger partial charge is 0.497 e. The van der Waals surface area contributed by atoms with Crippen LogP contribution in [0.15, 0.2) is 35.7 Å². The molecule has 0 aliphatic carbocycles. The van der Waals surface area contributed by atoms with Gasteiger partial charge in [0.1, 0.15) is 17.5 Å². The number of carbonyl (C=O) groups excluding carboxylic acids is 2. The van der Waals surface area contributed by atoms with Crippen LogP contribution in [0.5, 0.6) is 11.5 Å². The monoisotopic (exact) mass is 433 g/mol. The van der Waals surface area contributed by atoms with Crippen molar-refractivity contribution < 1.29 is 19.1 Å². The maximum atomic E-state index is 12.9. The Kier molecular flexibility index (Phi) is 8.68. The second kappa shape index (κ2) is 11.0. The Morgan fingerprint density at radius 1 is 1.10 bits per heavy atom. The lowest BCUT2D eigenvalue weighted by molar-refractivity contribution is -0.124. The van der Waals surface area contributed by atoms with Crippen LogP contribution in [-0.2, 0) is 4.79 Å². The molecule has 0 unspecified atom stereocenters. The molecule has 2 aromatic rings. The van der Waals surface area contributed by atoms with Gasteiger partial charge in [-0.15, -0.1) is 11.3 Å². The number of methoxy groups -OCH3 is 2.